The first-order chi connectivity index (χ1) is 12.5. The van der Waals surface area contributed by atoms with E-state index in [0.717, 1.165) is 22.3 Å². The van der Waals surface area contributed by atoms with Crippen LogP contribution in [0, 0.1) is 0 Å². The van der Waals surface area contributed by atoms with Crippen molar-refractivity contribution in [3.63, 3.8) is 0 Å². The second-order valence-corrected chi connectivity index (χ2v) is 7.84. The zero-order chi connectivity index (χ0) is 18.1. The molecule has 0 aliphatic rings. The Labute approximate surface area is 150 Å². The highest BCUT2D eigenvalue weighted by Crippen LogP contribution is 2.23. The molecule has 0 atom stereocenters. The summed E-state index contributed by atoms with van der Waals surface area (Å²) in [5, 5.41) is 3.05. The van der Waals surface area contributed by atoms with Crippen LogP contribution in [0.15, 0.2) is 66.0 Å². The van der Waals surface area contributed by atoms with Crippen molar-refractivity contribution in [1.29, 1.82) is 0 Å². The predicted molar refractivity (Wildman–Crippen MR) is 100.0 cm³/mol. The van der Waals surface area contributed by atoms with Crippen LogP contribution in [0.4, 0.5) is 11.6 Å². The van der Waals surface area contributed by atoms with Gasteiger partial charge in [-0.1, -0.05) is 12.1 Å². The fourth-order valence-electron chi connectivity index (χ4n) is 2.61. The molecular weight excluding hydrogens is 350 g/mol. The van der Waals surface area contributed by atoms with E-state index in [4.69, 9.17) is 0 Å². The monoisotopic (exact) mass is 365 g/mol. The summed E-state index contributed by atoms with van der Waals surface area (Å²) >= 11 is 0. The van der Waals surface area contributed by atoms with Crippen LogP contribution < -0.4 is 5.32 Å². The van der Waals surface area contributed by atoms with Crippen molar-refractivity contribution in [3.8, 4) is 11.3 Å². The number of benzene rings is 2. The van der Waals surface area contributed by atoms with E-state index in [1.54, 1.807) is 36.8 Å². The van der Waals surface area contributed by atoms with Gasteiger partial charge in [0.15, 0.2) is 9.84 Å². The van der Waals surface area contributed by atoms with E-state index in [1.807, 2.05) is 24.3 Å². The van der Waals surface area contributed by atoms with Gasteiger partial charge in [0, 0.05) is 23.7 Å². The Morgan fingerprint density at radius 3 is 2.77 bits per heavy atom. The van der Waals surface area contributed by atoms with E-state index in [2.05, 4.69) is 25.3 Å². The van der Waals surface area contributed by atoms with Crippen LogP contribution in [0.1, 0.15) is 0 Å². The molecule has 26 heavy (non-hydrogen) atoms. The summed E-state index contributed by atoms with van der Waals surface area (Å²) in [6.07, 6.45) is 4.48. The first-order valence-electron chi connectivity index (χ1n) is 7.83. The molecule has 2 N–H and O–H groups in total. The van der Waals surface area contributed by atoms with Crippen LogP contribution >= 0.6 is 0 Å². The molecule has 0 radical (unpaired) electrons. The summed E-state index contributed by atoms with van der Waals surface area (Å²) in [5.41, 5.74) is 4.10. The number of anilines is 2. The van der Waals surface area contributed by atoms with Gasteiger partial charge in [-0.3, -0.25) is 0 Å². The largest absolute Gasteiger partial charge is 0.345 e. The Balaban J connectivity index is 1.66. The lowest BCUT2D eigenvalue weighted by atomic mass is 10.1. The van der Waals surface area contributed by atoms with Crippen LogP contribution in [-0.2, 0) is 9.84 Å². The molecule has 0 fully saturated rings. The van der Waals surface area contributed by atoms with Gasteiger partial charge >= 0.3 is 0 Å². The summed E-state index contributed by atoms with van der Waals surface area (Å²) in [5.74, 6) is 0.387. The van der Waals surface area contributed by atoms with E-state index >= 15 is 0 Å². The number of imidazole rings is 1. The van der Waals surface area contributed by atoms with Crippen LogP contribution in [0.5, 0.6) is 0 Å². The van der Waals surface area contributed by atoms with Crippen LogP contribution in [0.2, 0.25) is 0 Å². The maximum absolute atomic E-state index is 11.7. The zero-order valence-corrected chi connectivity index (χ0v) is 14.7. The van der Waals surface area contributed by atoms with E-state index in [1.165, 1.54) is 6.26 Å². The summed E-state index contributed by atoms with van der Waals surface area (Å²) in [6, 6.07) is 14.2. The van der Waals surface area contributed by atoms with Crippen LogP contribution in [-0.4, -0.2) is 34.6 Å². The van der Waals surface area contributed by atoms with Crippen molar-refractivity contribution in [2.24, 2.45) is 0 Å². The Hall–Kier alpha value is -3.26. The van der Waals surface area contributed by atoms with E-state index in [9.17, 15) is 8.42 Å². The lowest BCUT2D eigenvalue weighted by molar-refractivity contribution is 0.602. The highest BCUT2D eigenvalue weighted by molar-refractivity contribution is 7.90. The molecular formula is C18H15N5O2S. The molecule has 0 saturated carbocycles. The van der Waals surface area contributed by atoms with Crippen molar-refractivity contribution >= 4 is 32.5 Å². The third kappa shape index (κ3) is 3.27. The van der Waals surface area contributed by atoms with E-state index < -0.39 is 9.84 Å². The summed E-state index contributed by atoms with van der Waals surface area (Å²) in [4.78, 5) is 16.2. The molecule has 0 aliphatic carbocycles. The molecule has 8 heteroatoms. The quantitative estimate of drug-likeness (QED) is 0.576. The molecule has 7 nitrogen and oxygen atoms in total. The van der Waals surface area contributed by atoms with Crippen molar-refractivity contribution in [2.75, 3.05) is 11.6 Å². The molecule has 2 aromatic heterocycles. The summed E-state index contributed by atoms with van der Waals surface area (Å²) in [6.45, 7) is 0. The molecule has 0 aliphatic heterocycles. The normalized spacial score (nSPS) is 11.6. The minimum absolute atomic E-state index is 0.239. The van der Waals surface area contributed by atoms with Crippen molar-refractivity contribution in [3.05, 3.63) is 61.1 Å². The van der Waals surface area contributed by atoms with Gasteiger partial charge < -0.3 is 10.3 Å². The molecule has 0 amide bonds. The molecule has 0 unspecified atom stereocenters. The first kappa shape index (κ1) is 16.2. The number of nitrogens with zero attached hydrogens (tertiary/aromatic N) is 3. The number of H-pyrrole nitrogens is 1. The zero-order valence-electron chi connectivity index (χ0n) is 13.8. The molecule has 0 bridgehead atoms. The van der Waals surface area contributed by atoms with Gasteiger partial charge in [-0.15, -0.1) is 0 Å². The van der Waals surface area contributed by atoms with Gasteiger partial charge in [0.25, 0.3) is 0 Å². The number of fused-ring (bicyclic) bond motifs is 1. The number of aromatic amines is 1. The molecule has 2 heterocycles. The number of nitrogens with one attached hydrogen (secondary N) is 2. The van der Waals surface area contributed by atoms with Gasteiger partial charge in [0.1, 0.15) is 0 Å². The Kier molecular flexibility index (Phi) is 3.89. The Morgan fingerprint density at radius 2 is 1.92 bits per heavy atom. The SMILES string of the molecule is CS(=O)(=O)c1cccc(Nc2nccc(-c3ccc4nc[nH]c4c3)n2)c1. The maximum atomic E-state index is 11.7. The van der Waals surface area contributed by atoms with Gasteiger partial charge in [-0.05, 0) is 36.4 Å². The minimum Gasteiger partial charge on any atom is -0.345 e. The van der Waals surface area contributed by atoms with Gasteiger partial charge in [0.2, 0.25) is 5.95 Å². The average Bonchev–Trinajstić information content (AvgIpc) is 3.09. The molecule has 4 aromatic rings. The molecule has 4 rings (SSSR count). The number of hydrogen-bond acceptors (Lipinski definition) is 6. The average molecular weight is 365 g/mol. The minimum atomic E-state index is -3.27. The second kappa shape index (κ2) is 6.23. The smallest absolute Gasteiger partial charge is 0.227 e. The topological polar surface area (TPSA) is 101 Å². The van der Waals surface area contributed by atoms with Gasteiger partial charge in [-0.25, -0.2) is 23.4 Å². The van der Waals surface area contributed by atoms with Crippen molar-refractivity contribution in [2.45, 2.75) is 4.90 Å². The maximum Gasteiger partial charge on any atom is 0.227 e. The third-order valence-corrected chi connectivity index (χ3v) is 5.00. The fourth-order valence-corrected chi connectivity index (χ4v) is 3.28. The number of hydrogen-bond donors (Lipinski definition) is 2. The van der Waals surface area contributed by atoms with Gasteiger partial charge in [0.05, 0.1) is 28.0 Å². The highest BCUT2D eigenvalue weighted by atomic mass is 32.2. The fraction of sp³-hybridized carbons (Fsp3) is 0.0556. The number of sulfone groups is 1. The molecule has 0 saturated heterocycles. The van der Waals surface area contributed by atoms with Crippen LogP contribution in [0.3, 0.4) is 0 Å². The van der Waals surface area contributed by atoms with E-state index in [0.29, 0.717) is 11.6 Å². The van der Waals surface area contributed by atoms with Crippen LogP contribution in [0.25, 0.3) is 22.3 Å². The summed E-state index contributed by atoms with van der Waals surface area (Å²) in [7, 11) is -3.27. The third-order valence-electron chi connectivity index (χ3n) is 3.89. The lowest BCUT2D eigenvalue weighted by Crippen LogP contribution is -2.01. The summed E-state index contributed by atoms with van der Waals surface area (Å²) < 4.78 is 23.4. The van der Waals surface area contributed by atoms with Crippen molar-refractivity contribution in [1.82, 2.24) is 19.9 Å². The first-order valence-corrected chi connectivity index (χ1v) is 9.72. The second-order valence-electron chi connectivity index (χ2n) is 5.82. The molecule has 0 spiro atoms. The Bertz CT molecular complexity index is 1200. The predicted octanol–water partition coefficient (Wildman–Crippen LogP) is 3.17. The Morgan fingerprint density at radius 1 is 1.04 bits per heavy atom. The molecule has 130 valence electrons. The standard InChI is InChI=1S/C18H15N5O2S/c1-26(24,25)14-4-2-3-13(10-14)22-18-19-8-7-15(23-18)12-5-6-16-17(9-12)21-11-20-16/h2-11H,1H3,(H,20,21)(H,19,22,23). The lowest BCUT2D eigenvalue weighted by Gasteiger charge is -2.08. The van der Waals surface area contributed by atoms with E-state index in [-0.39, 0.29) is 4.90 Å². The number of aromatic nitrogens is 4. The number of rotatable bonds is 4. The van der Waals surface area contributed by atoms with Gasteiger partial charge in [-0.2, -0.15) is 0 Å². The van der Waals surface area contributed by atoms with Crippen molar-refractivity contribution < 1.29 is 8.42 Å². The highest BCUT2D eigenvalue weighted by Gasteiger charge is 2.09. The molecule has 2 aromatic carbocycles.